The van der Waals surface area contributed by atoms with Crippen LogP contribution in [0.4, 0.5) is 23.4 Å². The van der Waals surface area contributed by atoms with Crippen molar-refractivity contribution >= 4 is 11.7 Å². The highest BCUT2D eigenvalue weighted by Gasteiger charge is 2.42. The molecular formula is C18H16F4N4O. The molecule has 4 rings (SSSR count). The summed E-state index contributed by atoms with van der Waals surface area (Å²) in [7, 11) is 0. The molecule has 5 nitrogen and oxygen atoms in total. The monoisotopic (exact) mass is 380 g/mol. The van der Waals surface area contributed by atoms with Gasteiger partial charge in [-0.25, -0.2) is 9.37 Å². The van der Waals surface area contributed by atoms with E-state index in [4.69, 9.17) is 0 Å². The van der Waals surface area contributed by atoms with Gasteiger partial charge < -0.3 is 9.80 Å². The third-order valence-corrected chi connectivity index (χ3v) is 5.18. The Bertz CT molecular complexity index is 841. The fraction of sp³-hybridized carbons (Fsp3) is 0.389. The van der Waals surface area contributed by atoms with Crippen molar-refractivity contribution in [2.24, 2.45) is 11.8 Å². The second kappa shape index (κ2) is 6.47. The molecule has 0 bridgehead atoms. The molecule has 2 aromatic heterocycles. The van der Waals surface area contributed by atoms with Crippen LogP contribution >= 0.6 is 0 Å². The molecule has 0 aromatic carbocycles. The van der Waals surface area contributed by atoms with Crippen LogP contribution in [-0.2, 0) is 6.18 Å². The molecule has 2 aliphatic heterocycles. The van der Waals surface area contributed by atoms with E-state index in [2.05, 4.69) is 9.97 Å². The van der Waals surface area contributed by atoms with E-state index in [1.807, 2.05) is 4.90 Å². The van der Waals surface area contributed by atoms with Crippen molar-refractivity contribution in [3.63, 3.8) is 0 Å². The molecular weight excluding hydrogens is 364 g/mol. The summed E-state index contributed by atoms with van der Waals surface area (Å²) >= 11 is 0. The second-order valence-electron chi connectivity index (χ2n) is 6.89. The lowest BCUT2D eigenvalue weighted by Crippen LogP contribution is -2.34. The molecule has 1 amide bonds. The van der Waals surface area contributed by atoms with E-state index in [0.29, 0.717) is 32.0 Å². The Morgan fingerprint density at radius 2 is 1.74 bits per heavy atom. The van der Waals surface area contributed by atoms with Crippen LogP contribution in [0, 0.1) is 17.7 Å². The van der Waals surface area contributed by atoms with Gasteiger partial charge in [-0.1, -0.05) is 0 Å². The first-order valence-corrected chi connectivity index (χ1v) is 8.50. The Morgan fingerprint density at radius 3 is 2.30 bits per heavy atom. The van der Waals surface area contributed by atoms with Crippen LogP contribution in [0.5, 0.6) is 0 Å². The molecule has 142 valence electrons. The highest BCUT2D eigenvalue weighted by atomic mass is 19.4. The van der Waals surface area contributed by atoms with E-state index in [1.165, 1.54) is 18.3 Å². The molecule has 2 saturated heterocycles. The smallest absolute Gasteiger partial charge is 0.356 e. The fourth-order valence-corrected chi connectivity index (χ4v) is 3.81. The van der Waals surface area contributed by atoms with Crippen LogP contribution in [0.15, 0.2) is 36.8 Å². The molecule has 0 saturated carbocycles. The number of fused-ring (bicyclic) bond motifs is 1. The average Bonchev–Trinajstić information content (AvgIpc) is 3.20. The predicted molar refractivity (Wildman–Crippen MR) is 88.5 cm³/mol. The van der Waals surface area contributed by atoms with E-state index in [-0.39, 0.29) is 23.3 Å². The average molecular weight is 380 g/mol. The molecule has 2 unspecified atom stereocenters. The van der Waals surface area contributed by atoms with Gasteiger partial charge in [0.25, 0.3) is 5.91 Å². The fourth-order valence-electron chi connectivity index (χ4n) is 3.81. The van der Waals surface area contributed by atoms with Gasteiger partial charge in [-0.15, -0.1) is 0 Å². The number of carbonyl (C=O) groups excluding carboxylic acids is 1. The number of halogens is 4. The van der Waals surface area contributed by atoms with Gasteiger partial charge in [0.05, 0.1) is 17.3 Å². The second-order valence-corrected chi connectivity index (χ2v) is 6.89. The number of carbonyl (C=O) groups is 1. The standard InChI is InChI=1S/C18H16F4N4O/c19-15-6-23-4-3-14(15)17(27)26-9-11-7-25(8-12(11)10-26)16-2-1-13(5-24-16)18(20,21)22/h1-6,11-12H,7-10H2. The predicted octanol–water partition coefficient (Wildman–Crippen LogP) is 2.84. The van der Waals surface area contributed by atoms with Gasteiger partial charge in [0.15, 0.2) is 5.82 Å². The summed E-state index contributed by atoms with van der Waals surface area (Å²) in [6.45, 7) is 2.18. The van der Waals surface area contributed by atoms with Crippen molar-refractivity contribution in [2.45, 2.75) is 6.18 Å². The van der Waals surface area contributed by atoms with Crippen LogP contribution in [0.3, 0.4) is 0 Å². The van der Waals surface area contributed by atoms with Crippen LogP contribution in [0.25, 0.3) is 0 Å². The number of hydrogen-bond donors (Lipinski definition) is 0. The molecule has 2 fully saturated rings. The molecule has 0 aliphatic carbocycles. The van der Waals surface area contributed by atoms with Crippen LogP contribution in [-0.4, -0.2) is 47.0 Å². The van der Waals surface area contributed by atoms with Crippen LogP contribution < -0.4 is 4.90 Å². The topological polar surface area (TPSA) is 49.3 Å². The van der Waals surface area contributed by atoms with Crippen molar-refractivity contribution in [1.82, 2.24) is 14.9 Å². The summed E-state index contributed by atoms with van der Waals surface area (Å²) in [4.78, 5) is 23.7. The van der Waals surface area contributed by atoms with Crippen molar-refractivity contribution in [2.75, 3.05) is 31.1 Å². The first-order chi connectivity index (χ1) is 12.8. The normalized spacial score (nSPS) is 22.2. The minimum atomic E-state index is -4.41. The van der Waals surface area contributed by atoms with E-state index < -0.39 is 17.6 Å². The van der Waals surface area contributed by atoms with E-state index in [9.17, 15) is 22.4 Å². The number of rotatable bonds is 2. The SMILES string of the molecule is O=C(c1ccncc1F)N1CC2CN(c3ccc(C(F)(F)F)cn3)CC2C1. The lowest BCUT2D eigenvalue weighted by atomic mass is 10.0. The zero-order valence-corrected chi connectivity index (χ0v) is 14.2. The summed E-state index contributed by atoms with van der Waals surface area (Å²) in [5, 5.41) is 0. The van der Waals surface area contributed by atoms with Gasteiger partial charge in [0.1, 0.15) is 5.82 Å². The van der Waals surface area contributed by atoms with Crippen molar-refractivity contribution in [3.05, 3.63) is 53.7 Å². The van der Waals surface area contributed by atoms with Gasteiger partial charge in [-0.2, -0.15) is 13.2 Å². The quantitative estimate of drug-likeness (QED) is 0.752. The summed E-state index contributed by atoms with van der Waals surface area (Å²) < 4.78 is 51.7. The number of alkyl halides is 3. The summed E-state index contributed by atoms with van der Waals surface area (Å²) in [6.07, 6.45) is -1.17. The number of hydrogen-bond acceptors (Lipinski definition) is 4. The van der Waals surface area contributed by atoms with Crippen molar-refractivity contribution < 1.29 is 22.4 Å². The summed E-state index contributed by atoms with van der Waals surface area (Å²) in [5.74, 6) is -0.139. The first-order valence-electron chi connectivity index (χ1n) is 8.50. The van der Waals surface area contributed by atoms with Gasteiger partial charge in [0, 0.05) is 50.4 Å². The minimum absolute atomic E-state index is 0.00577. The maximum Gasteiger partial charge on any atom is 0.417 e. The Kier molecular flexibility index (Phi) is 4.24. The molecule has 2 atom stereocenters. The summed E-state index contributed by atoms with van der Waals surface area (Å²) in [6, 6.07) is 3.77. The highest BCUT2D eigenvalue weighted by molar-refractivity contribution is 5.94. The minimum Gasteiger partial charge on any atom is -0.356 e. The zero-order valence-electron chi connectivity index (χ0n) is 14.2. The van der Waals surface area contributed by atoms with Gasteiger partial charge >= 0.3 is 6.18 Å². The Morgan fingerprint density at radius 1 is 1.04 bits per heavy atom. The molecule has 4 heterocycles. The summed E-state index contributed by atoms with van der Waals surface area (Å²) in [5.41, 5.74) is -0.770. The van der Waals surface area contributed by atoms with E-state index >= 15 is 0 Å². The maximum absolute atomic E-state index is 13.8. The Hall–Kier alpha value is -2.71. The third kappa shape index (κ3) is 3.33. The number of likely N-dealkylation sites (tertiary alicyclic amines) is 1. The Balaban J connectivity index is 1.41. The molecule has 27 heavy (non-hydrogen) atoms. The van der Waals surface area contributed by atoms with Crippen LogP contribution in [0.2, 0.25) is 0 Å². The zero-order chi connectivity index (χ0) is 19.2. The number of aromatic nitrogens is 2. The molecule has 0 spiro atoms. The van der Waals surface area contributed by atoms with Gasteiger partial charge in [-0.3, -0.25) is 9.78 Å². The van der Waals surface area contributed by atoms with Crippen molar-refractivity contribution in [3.8, 4) is 0 Å². The van der Waals surface area contributed by atoms with Gasteiger partial charge in [-0.05, 0) is 18.2 Å². The number of nitrogens with zero attached hydrogens (tertiary/aromatic N) is 4. The molecule has 2 aliphatic rings. The lowest BCUT2D eigenvalue weighted by molar-refractivity contribution is -0.137. The van der Waals surface area contributed by atoms with Gasteiger partial charge in [0.2, 0.25) is 0 Å². The maximum atomic E-state index is 13.8. The first kappa shape index (κ1) is 17.7. The number of amides is 1. The number of anilines is 1. The molecule has 9 heteroatoms. The lowest BCUT2D eigenvalue weighted by Gasteiger charge is -2.23. The Labute approximate surface area is 152 Å². The largest absolute Gasteiger partial charge is 0.417 e. The van der Waals surface area contributed by atoms with Crippen molar-refractivity contribution in [1.29, 1.82) is 0 Å². The molecule has 2 aromatic rings. The van der Waals surface area contributed by atoms with E-state index in [0.717, 1.165) is 18.5 Å². The third-order valence-electron chi connectivity index (χ3n) is 5.18. The van der Waals surface area contributed by atoms with Crippen LogP contribution in [0.1, 0.15) is 15.9 Å². The van der Waals surface area contributed by atoms with E-state index in [1.54, 1.807) is 4.90 Å². The highest BCUT2D eigenvalue weighted by Crippen LogP contribution is 2.35. The molecule has 0 N–H and O–H groups in total. The molecule has 0 radical (unpaired) electrons. The number of pyridine rings is 2.